The van der Waals surface area contributed by atoms with E-state index in [2.05, 4.69) is 10.1 Å². The smallest absolute Gasteiger partial charge is 0.331 e. The van der Waals surface area contributed by atoms with Gasteiger partial charge in [0.25, 0.3) is 5.56 Å². The van der Waals surface area contributed by atoms with Gasteiger partial charge in [-0.05, 0) is 37.3 Å². The van der Waals surface area contributed by atoms with Gasteiger partial charge in [-0.3, -0.25) is 4.79 Å². The monoisotopic (exact) mass is 411 g/mol. The van der Waals surface area contributed by atoms with Crippen molar-refractivity contribution in [1.82, 2.24) is 14.6 Å². The number of aryl methyl sites for hydroxylation is 1. The zero-order valence-electron chi connectivity index (χ0n) is 15.2. The van der Waals surface area contributed by atoms with Crippen molar-refractivity contribution in [3.8, 4) is 11.3 Å². The maximum absolute atomic E-state index is 13.8. The van der Waals surface area contributed by atoms with Crippen LogP contribution < -0.4 is 5.56 Å². The fraction of sp³-hybridized carbons (Fsp3) is 0.100. The molecule has 4 aromatic rings. The van der Waals surface area contributed by atoms with Crippen LogP contribution in [0.2, 0.25) is 0 Å². The predicted octanol–water partition coefficient (Wildman–Crippen LogP) is 3.62. The van der Waals surface area contributed by atoms with Gasteiger partial charge in [-0.15, -0.1) is 0 Å². The minimum atomic E-state index is -0.607. The molecule has 0 amide bonds. The van der Waals surface area contributed by atoms with Crippen LogP contribution in [0, 0.1) is 12.7 Å². The SMILES string of the molecule is Cc1cc(=O)n2nc(COC(=O)/C=C/c3ccc(-c4ccccc4F)o3)sc2n1. The molecule has 0 fully saturated rings. The van der Waals surface area contributed by atoms with Gasteiger partial charge in [-0.1, -0.05) is 23.5 Å². The molecule has 4 rings (SSSR count). The summed E-state index contributed by atoms with van der Waals surface area (Å²) in [6.45, 7) is 1.63. The van der Waals surface area contributed by atoms with Gasteiger partial charge in [0, 0.05) is 17.8 Å². The van der Waals surface area contributed by atoms with Crippen molar-refractivity contribution in [1.29, 1.82) is 0 Å². The standard InChI is InChI=1S/C20H14FN3O4S/c1-12-10-18(25)24-20(22-12)29-17(23-24)11-27-19(26)9-7-13-6-8-16(28-13)14-4-2-3-5-15(14)21/h2-10H,11H2,1H3/b9-7+. The third-order valence-corrected chi connectivity index (χ3v) is 4.78. The first kappa shape index (κ1) is 18.8. The highest BCUT2D eigenvalue weighted by Crippen LogP contribution is 2.25. The van der Waals surface area contributed by atoms with E-state index < -0.39 is 11.8 Å². The maximum atomic E-state index is 13.8. The minimum absolute atomic E-state index is 0.0890. The van der Waals surface area contributed by atoms with Gasteiger partial charge < -0.3 is 9.15 Å². The summed E-state index contributed by atoms with van der Waals surface area (Å²) in [4.78, 5) is 28.4. The predicted molar refractivity (Wildman–Crippen MR) is 105 cm³/mol. The number of carbonyl (C=O) groups is 1. The number of furan rings is 1. The van der Waals surface area contributed by atoms with E-state index in [1.54, 1.807) is 37.3 Å². The quantitative estimate of drug-likeness (QED) is 0.368. The van der Waals surface area contributed by atoms with Gasteiger partial charge >= 0.3 is 5.97 Å². The summed E-state index contributed by atoms with van der Waals surface area (Å²) in [5.41, 5.74) is 0.646. The topological polar surface area (TPSA) is 86.7 Å². The summed E-state index contributed by atoms with van der Waals surface area (Å²) in [6, 6.07) is 10.9. The van der Waals surface area contributed by atoms with E-state index in [0.717, 1.165) is 0 Å². The fourth-order valence-corrected chi connectivity index (χ4v) is 3.46. The second-order valence-electron chi connectivity index (χ2n) is 6.05. The molecular formula is C20H14FN3O4S. The summed E-state index contributed by atoms with van der Waals surface area (Å²) in [5, 5.41) is 4.54. The van der Waals surface area contributed by atoms with Crippen molar-refractivity contribution in [2.24, 2.45) is 0 Å². The molecule has 9 heteroatoms. The average molecular weight is 411 g/mol. The van der Waals surface area contributed by atoms with Crippen LogP contribution in [0.25, 0.3) is 22.4 Å². The highest BCUT2D eigenvalue weighted by atomic mass is 32.1. The number of nitrogens with zero attached hydrogens (tertiary/aromatic N) is 3. The van der Waals surface area contributed by atoms with Crippen molar-refractivity contribution in [2.75, 3.05) is 0 Å². The molecule has 0 saturated heterocycles. The zero-order valence-corrected chi connectivity index (χ0v) is 16.0. The third kappa shape index (κ3) is 4.14. The van der Waals surface area contributed by atoms with Gasteiger partial charge in [-0.2, -0.15) is 9.61 Å². The molecule has 0 aliphatic heterocycles. The summed E-state index contributed by atoms with van der Waals surface area (Å²) in [7, 11) is 0. The number of fused-ring (bicyclic) bond motifs is 1. The molecule has 0 radical (unpaired) electrons. The number of esters is 1. The number of halogens is 1. The Balaban J connectivity index is 1.40. The second-order valence-corrected chi connectivity index (χ2v) is 7.09. The largest absolute Gasteiger partial charge is 0.457 e. The summed E-state index contributed by atoms with van der Waals surface area (Å²) >= 11 is 1.17. The molecule has 0 unspecified atom stereocenters. The van der Waals surface area contributed by atoms with Crippen LogP contribution in [0.3, 0.4) is 0 Å². The lowest BCUT2D eigenvalue weighted by molar-refractivity contribution is -0.138. The number of rotatable bonds is 5. The van der Waals surface area contributed by atoms with Gasteiger partial charge in [0.2, 0.25) is 4.96 Å². The number of ether oxygens (including phenoxy) is 1. The van der Waals surface area contributed by atoms with Gasteiger partial charge in [0.15, 0.2) is 5.01 Å². The van der Waals surface area contributed by atoms with Crippen molar-refractivity contribution in [2.45, 2.75) is 13.5 Å². The minimum Gasteiger partial charge on any atom is -0.457 e. The van der Waals surface area contributed by atoms with Crippen molar-refractivity contribution >= 4 is 28.3 Å². The maximum Gasteiger partial charge on any atom is 0.331 e. The molecule has 0 aliphatic rings. The highest BCUT2D eigenvalue weighted by Gasteiger charge is 2.10. The Morgan fingerprint density at radius 3 is 2.97 bits per heavy atom. The van der Waals surface area contributed by atoms with Crippen LogP contribution in [-0.4, -0.2) is 20.6 Å². The first-order valence-corrected chi connectivity index (χ1v) is 9.37. The number of carbonyl (C=O) groups excluding carboxylic acids is 1. The van der Waals surface area contributed by atoms with E-state index >= 15 is 0 Å². The lowest BCUT2D eigenvalue weighted by Gasteiger charge is -1.98. The Labute approximate surface area is 167 Å². The van der Waals surface area contributed by atoms with Crippen molar-refractivity contribution in [3.05, 3.63) is 81.2 Å². The molecule has 7 nitrogen and oxygen atoms in total. The van der Waals surface area contributed by atoms with Gasteiger partial charge in [-0.25, -0.2) is 14.2 Å². The molecule has 146 valence electrons. The molecule has 0 atom stereocenters. The molecule has 29 heavy (non-hydrogen) atoms. The first-order chi connectivity index (χ1) is 14.0. The third-order valence-electron chi connectivity index (χ3n) is 3.90. The molecule has 1 aromatic carbocycles. The van der Waals surface area contributed by atoms with Crippen molar-refractivity contribution in [3.63, 3.8) is 0 Å². The molecule has 0 aliphatic carbocycles. The van der Waals surface area contributed by atoms with Crippen LogP contribution in [0.1, 0.15) is 16.5 Å². The summed E-state index contributed by atoms with van der Waals surface area (Å²) in [6.07, 6.45) is 2.63. The van der Waals surface area contributed by atoms with Crippen LogP contribution in [0.5, 0.6) is 0 Å². The van der Waals surface area contributed by atoms with E-state index in [-0.39, 0.29) is 12.2 Å². The Bertz CT molecular complexity index is 1290. The number of aromatic nitrogens is 3. The van der Waals surface area contributed by atoms with E-state index in [9.17, 15) is 14.0 Å². The molecule has 3 aromatic heterocycles. The van der Waals surface area contributed by atoms with Crippen LogP contribution >= 0.6 is 11.3 Å². The van der Waals surface area contributed by atoms with E-state index in [1.165, 1.54) is 40.1 Å². The lowest BCUT2D eigenvalue weighted by atomic mass is 10.1. The average Bonchev–Trinajstić information content (AvgIpc) is 3.32. The second kappa shape index (κ2) is 7.80. The molecule has 0 bridgehead atoms. The summed E-state index contributed by atoms with van der Waals surface area (Å²) < 4.78 is 25.6. The van der Waals surface area contributed by atoms with Crippen LogP contribution in [-0.2, 0) is 16.1 Å². The first-order valence-electron chi connectivity index (χ1n) is 8.55. The molecule has 0 saturated carbocycles. The zero-order chi connectivity index (χ0) is 20.4. The fourth-order valence-electron chi connectivity index (χ4n) is 2.60. The number of hydrogen-bond acceptors (Lipinski definition) is 7. The molecule has 0 N–H and O–H groups in total. The number of hydrogen-bond donors (Lipinski definition) is 0. The van der Waals surface area contributed by atoms with E-state index in [1.807, 2.05) is 0 Å². The summed E-state index contributed by atoms with van der Waals surface area (Å²) in [5.74, 6) is -0.258. The van der Waals surface area contributed by atoms with E-state index in [0.29, 0.717) is 32.7 Å². The Morgan fingerprint density at radius 2 is 2.14 bits per heavy atom. The van der Waals surface area contributed by atoms with Crippen LogP contribution in [0.4, 0.5) is 4.39 Å². The molecule has 0 spiro atoms. The molecular weight excluding hydrogens is 397 g/mol. The van der Waals surface area contributed by atoms with Crippen LogP contribution in [0.15, 0.2) is 57.8 Å². The Kier molecular flexibility index (Phi) is 5.05. The van der Waals surface area contributed by atoms with Gasteiger partial charge in [0.1, 0.15) is 23.9 Å². The highest BCUT2D eigenvalue weighted by molar-refractivity contribution is 7.16. The normalized spacial score (nSPS) is 11.4. The Morgan fingerprint density at radius 1 is 1.31 bits per heavy atom. The lowest BCUT2D eigenvalue weighted by Crippen LogP contribution is -2.14. The number of benzene rings is 1. The Hall–Kier alpha value is -3.59. The van der Waals surface area contributed by atoms with Gasteiger partial charge in [0.05, 0.1) is 5.56 Å². The molecule has 3 heterocycles. The van der Waals surface area contributed by atoms with E-state index in [4.69, 9.17) is 9.15 Å². The van der Waals surface area contributed by atoms with Crippen molar-refractivity contribution < 1.29 is 18.3 Å².